The largest absolute Gasteiger partial charge is 0.496 e. The number of rotatable bonds is 5. The smallest absolute Gasteiger partial charge is 0.314 e. The second-order valence-electron chi connectivity index (χ2n) is 5.45. The zero-order valence-electron chi connectivity index (χ0n) is 13.1. The second kappa shape index (κ2) is 6.77. The molecule has 0 radical (unpaired) electrons. The number of carbonyl (C=O) groups is 1. The molecule has 0 aliphatic heterocycles. The lowest BCUT2D eigenvalue weighted by Gasteiger charge is -2.35. The first-order chi connectivity index (χ1) is 10.5. The SMILES string of the molecule is COc1cc(OC)c(C2(C(=O)O)CCCCC2)c(Br)c1OC. The van der Waals surface area contributed by atoms with Crippen LogP contribution in [0.3, 0.4) is 0 Å². The van der Waals surface area contributed by atoms with Crippen molar-refractivity contribution in [3.05, 3.63) is 16.1 Å². The molecule has 1 fully saturated rings. The Hall–Kier alpha value is -1.43. The molecule has 122 valence electrons. The van der Waals surface area contributed by atoms with Crippen LogP contribution in [0.5, 0.6) is 17.2 Å². The third kappa shape index (κ3) is 2.64. The number of hydrogen-bond acceptors (Lipinski definition) is 4. The summed E-state index contributed by atoms with van der Waals surface area (Å²) in [5.74, 6) is 0.683. The zero-order chi connectivity index (χ0) is 16.3. The number of aliphatic carboxylic acids is 1. The first-order valence-electron chi connectivity index (χ1n) is 7.24. The molecule has 2 rings (SSSR count). The Kier molecular flexibility index (Phi) is 5.21. The topological polar surface area (TPSA) is 65.0 Å². The molecule has 0 atom stereocenters. The van der Waals surface area contributed by atoms with Gasteiger partial charge < -0.3 is 19.3 Å². The molecular weight excluding hydrogens is 352 g/mol. The van der Waals surface area contributed by atoms with Gasteiger partial charge in [-0.15, -0.1) is 0 Å². The summed E-state index contributed by atoms with van der Waals surface area (Å²) >= 11 is 3.52. The van der Waals surface area contributed by atoms with E-state index in [1.54, 1.807) is 6.07 Å². The van der Waals surface area contributed by atoms with Crippen LogP contribution in [0.4, 0.5) is 0 Å². The summed E-state index contributed by atoms with van der Waals surface area (Å²) in [6.07, 6.45) is 4.01. The van der Waals surface area contributed by atoms with Crippen molar-refractivity contribution in [2.24, 2.45) is 0 Å². The van der Waals surface area contributed by atoms with Crippen molar-refractivity contribution in [2.75, 3.05) is 21.3 Å². The van der Waals surface area contributed by atoms with Crippen molar-refractivity contribution in [2.45, 2.75) is 37.5 Å². The van der Waals surface area contributed by atoms with Gasteiger partial charge in [0, 0.05) is 11.6 Å². The average molecular weight is 373 g/mol. The predicted molar refractivity (Wildman–Crippen MR) is 86.2 cm³/mol. The van der Waals surface area contributed by atoms with Crippen LogP contribution in [-0.4, -0.2) is 32.4 Å². The van der Waals surface area contributed by atoms with Crippen molar-refractivity contribution >= 4 is 21.9 Å². The fraction of sp³-hybridized carbons (Fsp3) is 0.562. The van der Waals surface area contributed by atoms with E-state index in [4.69, 9.17) is 14.2 Å². The Morgan fingerprint density at radius 3 is 2.14 bits per heavy atom. The van der Waals surface area contributed by atoms with E-state index in [2.05, 4.69) is 15.9 Å². The van der Waals surface area contributed by atoms with Gasteiger partial charge in [-0.05, 0) is 28.8 Å². The van der Waals surface area contributed by atoms with E-state index in [-0.39, 0.29) is 0 Å². The maximum absolute atomic E-state index is 12.1. The highest BCUT2D eigenvalue weighted by atomic mass is 79.9. The normalized spacial score (nSPS) is 16.9. The summed E-state index contributed by atoms with van der Waals surface area (Å²) in [5, 5.41) is 9.93. The Labute approximate surface area is 138 Å². The first kappa shape index (κ1) is 16.9. The standard InChI is InChI=1S/C16H21BrO5/c1-20-10-9-11(21-2)14(22-3)13(17)12(10)16(15(18)19)7-5-4-6-8-16/h9H,4-8H2,1-3H3,(H,18,19). The fourth-order valence-corrected chi connectivity index (χ4v) is 4.19. The number of carboxylic acid groups (broad SMARTS) is 1. The number of carboxylic acids is 1. The van der Waals surface area contributed by atoms with E-state index in [9.17, 15) is 9.90 Å². The maximum Gasteiger partial charge on any atom is 0.314 e. The van der Waals surface area contributed by atoms with E-state index in [0.29, 0.717) is 40.1 Å². The molecule has 6 heteroatoms. The number of hydrogen-bond donors (Lipinski definition) is 1. The van der Waals surface area contributed by atoms with Crippen LogP contribution >= 0.6 is 15.9 Å². The average Bonchev–Trinajstić information content (AvgIpc) is 2.54. The molecule has 0 saturated heterocycles. The molecule has 1 aromatic rings. The van der Waals surface area contributed by atoms with Crippen LogP contribution in [-0.2, 0) is 10.2 Å². The summed E-state index contributed by atoms with van der Waals surface area (Å²) in [5.41, 5.74) is -0.318. The molecule has 1 saturated carbocycles. The van der Waals surface area contributed by atoms with Gasteiger partial charge in [0.15, 0.2) is 11.5 Å². The molecule has 0 bridgehead atoms. The minimum absolute atomic E-state index is 0.490. The van der Waals surface area contributed by atoms with Gasteiger partial charge in [-0.2, -0.15) is 0 Å². The minimum Gasteiger partial charge on any atom is -0.496 e. The molecule has 1 aromatic carbocycles. The summed E-state index contributed by atoms with van der Waals surface area (Å²) < 4.78 is 16.8. The highest BCUT2D eigenvalue weighted by Crippen LogP contribution is 2.52. The minimum atomic E-state index is -0.956. The number of benzene rings is 1. The van der Waals surface area contributed by atoms with E-state index in [1.807, 2.05) is 0 Å². The lowest BCUT2D eigenvalue weighted by molar-refractivity contribution is -0.145. The Bertz CT molecular complexity index is 564. The predicted octanol–water partition coefficient (Wildman–Crippen LogP) is 3.76. The molecule has 1 aliphatic carbocycles. The van der Waals surface area contributed by atoms with Crippen molar-refractivity contribution in [3.8, 4) is 17.2 Å². The van der Waals surface area contributed by atoms with Crippen LogP contribution in [0.2, 0.25) is 0 Å². The molecule has 0 unspecified atom stereocenters. The quantitative estimate of drug-likeness (QED) is 0.852. The monoisotopic (exact) mass is 372 g/mol. The molecule has 0 spiro atoms. The van der Waals surface area contributed by atoms with Crippen molar-refractivity contribution in [3.63, 3.8) is 0 Å². The van der Waals surface area contributed by atoms with Crippen LogP contribution in [0.15, 0.2) is 10.5 Å². The van der Waals surface area contributed by atoms with E-state index >= 15 is 0 Å². The van der Waals surface area contributed by atoms with E-state index in [0.717, 1.165) is 19.3 Å². The molecule has 0 amide bonds. The first-order valence-corrected chi connectivity index (χ1v) is 8.03. The molecule has 22 heavy (non-hydrogen) atoms. The summed E-state index contributed by atoms with van der Waals surface area (Å²) in [6.45, 7) is 0. The van der Waals surface area contributed by atoms with Gasteiger partial charge in [-0.25, -0.2) is 0 Å². The maximum atomic E-state index is 12.1. The Morgan fingerprint density at radius 1 is 1.09 bits per heavy atom. The number of ether oxygens (including phenoxy) is 3. The lowest BCUT2D eigenvalue weighted by Crippen LogP contribution is -2.38. The number of halogens is 1. The second-order valence-corrected chi connectivity index (χ2v) is 6.24. The van der Waals surface area contributed by atoms with Gasteiger partial charge in [0.1, 0.15) is 5.75 Å². The van der Waals surface area contributed by atoms with Gasteiger partial charge in [-0.3, -0.25) is 4.79 Å². The summed E-state index contributed by atoms with van der Waals surface area (Å²) in [4.78, 5) is 12.1. The highest BCUT2D eigenvalue weighted by molar-refractivity contribution is 9.10. The highest BCUT2D eigenvalue weighted by Gasteiger charge is 2.45. The van der Waals surface area contributed by atoms with Crippen LogP contribution in [0, 0.1) is 0 Å². The third-order valence-corrected chi connectivity index (χ3v) is 5.15. The van der Waals surface area contributed by atoms with Gasteiger partial charge in [0.2, 0.25) is 0 Å². The fourth-order valence-electron chi connectivity index (χ4n) is 3.26. The summed E-state index contributed by atoms with van der Waals surface area (Å²) in [7, 11) is 4.61. The van der Waals surface area contributed by atoms with Gasteiger partial charge in [-0.1, -0.05) is 19.3 Å². The van der Waals surface area contributed by atoms with Crippen molar-refractivity contribution in [1.29, 1.82) is 0 Å². The summed E-state index contributed by atoms with van der Waals surface area (Å²) in [6, 6.07) is 1.69. The van der Waals surface area contributed by atoms with Crippen LogP contribution in [0.1, 0.15) is 37.7 Å². The molecule has 0 aromatic heterocycles. The van der Waals surface area contributed by atoms with Crippen molar-refractivity contribution < 1.29 is 24.1 Å². The van der Waals surface area contributed by atoms with Gasteiger partial charge in [0.05, 0.1) is 31.2 Å². The Morgan fingerprint density at radius 2 is 1.68 bits per heavy atom. The van der Waals surface area contributed by atoms with Crippen LogP contribution in [0.25, 0.3) is 0 Å². The molecule has 0 heterocycles. The van der Waals surface area contributed by atoms with Gasteiger partial charge >= 0.3 is 5.97 Å². The third-order valence-electron chi connectivity index (χ3n) is 4.39. The molecular formula is C16H21BrO5. The van der Waals surface area contributed by atoms with Gasteiger partial charge in [0.25, 0.3) is 0 Å². The van der Waals surface area contributed by atoms with Crippen LogP contribution < -0.4 is 14.2 Å². The Balaban J connectivity index is 2.73. The van der Waals surface area contributed by atoms with E-state index in [1.165, 1.54) is 21.3 Å². The van der Waals surface area contributed by atoms with Crippen molar-refractivity contribution in [1.82, 2.24) is 0 Å². The zero-order valence-corrected chi connectivity index (χ0v) is 14.7. The number of methoxy groups -OCH3 is 3. The molecule has 1 aliphatic rings. The molecule has 5 nitrogen and oxygen atoms in total. The lowest BCUT2D eigenvalue weighted by atomic mass is 9.69. The van der Waals surface area contributed by atoms with E-state index < -0.39 is 11.4 Å². The molecule has 1 N–H and O–H groups in total.